The molecular formula is C34H47NO4S. The molecule has 0 saturated carbocycles. The van der Waals surface area contributed by atoms with E-state index in [0.29, 0.717) is 6.42 Å². The Bertz CT molecular complexity index is 1090. The van der Waals surface area contributed by atoms with Gasteiger partial charge in [-0.05, 0) is 85.8 Å². The maximum absolute atomic E-state index is 12.3. The molecule has 3 rings (SSSR count). The van der Waals surface area contributed by atoms with Crippen molar-refractivity contribution in [3.8, 4) is 5.75 Å². The summed E-state index contributed by atoms with van der Waals surface area (Å²) < 4.78 is 10.6. The van der Waals surface area contributed by atoms with Crippen LogP contribution in [0, 0.1) is 5.92 Å². The van der Waals surface area contributed by atoms with Crippen LogP contribution in [0.2, 0.25) is 0 Å². The molecule has 0 bridgehead atoms. The van der Waals surface area contributed by atoms with Crippen molar-refractivity contribution in [3.63, 3.8) is 0 Å². The quantitative estimate of drug-likeness (QED) is 0.199. The number of thioether (sulfide) groups is 1. The Morgan fingerprint density at radius 3 is 2.33 bits per heavy atom. The number of nitrogens with one attached hydrogen (secondary N) is 1. The van der Waals surface area contributed by atoms with Crippen molar-refractivity contribution < 1.29 is 19.4 Å². The number of unbranched alkanes of at least 4 members (excludes halogenated alkanes) is 2. The Kier molecular flexibility index (Phi) is 13.2. The fourth-order valence-corrected chi connectivity index (χ4v) is 6.87. The molecule has 1 aliphatic carbocycles. The third kappa shape index (κ3) is 8.90. The molecule has 1 aliphatic rings. The van der Waals surface area contributed by atoms with Crippen LogP contribution in [0.3, 0.4) is 0 Å². The number of benzene rings is 2. The lowest BCUT2D eigenvalue weighted by atomic mass is 9.76. The van der Waals surface area contributed by atoms with E-state index >= 15 is 0 Å². The average Bonchev–Trinajstić information content (AvgIpc) is 2.99. The van der Waals surface area contributed by atoms with Crippen molar-refractivity contribution in [2.45, 2.75) is 76.1 Å². The van der Waals surface area contributed by atoms with Gasteiger partial charge in [0.25, 0.3) is 0 Å². The normalized spacial score (nSPS) is 17.0. The molecule has 3 atom stereocenters. The summed E-state index contributed by atoms with van der Waals surface area (Å²) in [7, 11) is 3.40. The van der Waals surface area contributed by atoms with Crippen molar-refractivity contribution in [2.75, 3.05) is 26.5 Å². The van der Waals surface area contributed by atoms with E-state index in [0.717, 1.165) is 74.3 Å². The minimum Gasteiger partial charge on any atom is -0.497 e. The lowest BCUT2D eigenvalue weighted by molar-refractivity contribution is -0.121. The van der Waals surface area contributed by atoms with Crippen LogP contribution in [0.15, 0.2) is 72.5 Å². The number of hydrogen-bond acceptors (Lipinski definition) is 5. The standard InChI is InChI=1S/C34H47NO4S/c1-5-6-7-24-35-33(37)23-12-27-10-13-28(14-11-27)34(40-25-8-9-26(2)36,29-15-19-31(38-3)20-16-29)30-17-21-32(39-4)22-18-30/h10-11,13-17,19-22,26,30,36H,5-9,12,18,23-25H2,1-4H3,(H,35,37). The number of carbonyl (C=O) groups is 1. The number of allylic oxidation sites excluding steroid dienone is 3. The number of carbonyl (C=O) groups excluding carboxylic acids is 1. The van der Waals surface area contributed by atoms with Crippen molar-refractivity contribution in [1.82, 2.24) is 5.32 Å². The molecular weight excluding hydrogens is 518 g/mol. The third-order valence-electron chi connectivity index (χ3n) is 7.56. The van der Waals surface area contributed by atoms with Crippen molar-refractivity contribution in [1.29, 1.82) is 0 Å². The molecule has 2 aromatic rings. The summed E-state index contributed by atoms with van der Waals surface area (Å²) in [4.78, 5) is 12.3. The van der Waals surface area contributed by atoms with Gasteiger partial charge in [0.2, 0.25) is 5.91 Å². The smallest absolute Gasteiger partial charge is 0.220 e. The Morgan fingerprint density at radius 2 is 1.75 bits per heavy atom. The van der Waals surface area contributed by atoms with E-state index in [1.807, 2.05) is 30.8 Å². The first kappa shape index (κ1) is 31.8. The minimum atomic E-state index is -0.341. The maximum atomic E-state index is 12.3. The van der Waals surface area contributed by atoms with Gasteiger partial charge in [-0.25, -0.2) is 0 Å². The molecule has 0 aromatic heterocycles. The highest BCUT2D eigenvalue weighted by Crippen LogP contribution is 2.52. The van der Waals surface area contributed by atoms with Crippen LogP contribution < -0.4 is 10.1 Å². The van der Waals surface area contributed by atoms with Crippen LogP contribution in [0.25, 0.3) is 0 Å². The number of aliphatic hydroxyl groups excluding tert-OH is 1. The SMILES string of the molecule is CCCCCNC(=O)CCc1ccc(C(SCCCC(C)O)(c2ccc(OC)cc2)C2C=CC(OC)=CC2)cc1. The van der Waals surface area contributed by atoms with Crippen molar-refractivity contribution in [2.24, 2.45) is 5.92 Å². The van der Waals surface area contributed by atoms with E-state index in [9.17, 15) is 9.90 Å². The van der Waals surface area contributed by atoms with Crippen molar-refractivity contribution >= 4 is 17.7 Å². The van der Waals surface area contributed by atoms with E-state index in [4.69, 9.17) is 9.47 Å². The molecule has 5 nitrogen and oxygen atoms in total. The molecule has 3 unspecified atom stereocenters. The number of methoxy groups -OCH3 is 2. The number of rotatable bonds is 17. The summed E-state index contributed by atoms with van der Waals surface area (Å²) >= 11 is 1.95. The fourth-order valence-electron chi connectivity index (χ4n) is 5.24. The zero-order valence-electron chi connectivity index (χ0n) is 24.7. The summed E-state index contributed by atoms with van der Waals surface area (Å²) in [6.07, 6.45) is 13.4. The molecule has 2 aromatic carbocycles. The molecule has 218 valence electrons. The molecule has 0 fully saturated rings. The van der Waals surface area contributed by atoms with Crippen LogP contribution >= 0.6 is 11.8 Å². The third-order valence-corrected chi connectivity index (χ3v) is 9.29. The predicted molar refractivity (Wildman–Crippen MR) is 167 cm³/mol. The molecule has 0 radical (unpaired) electrons. The number of amides is 1. The molecule has 1 amide bonds. The highest BCUT2D eigenvalue weighted by molar-refractivity contribution is 8.00. The fraction of sp³-hybridized carbons (Fsp3) is 0.500. The average molecular weight is 566 g/mol. The molecule has 2 N–H and O–H groups in total. The minimum absolute atomic E-state index is 0.120. The maximum Gasteiger partial charge on any atom is 0.220 e. The lowest BCUT2D eigenvalue weighted by Crippen LogP contribution is -2.33. The molecule has 0 spiro atoms. The van der Waals surface area contributed by atoms with Gasteiger partial charge < -0.3 is 19.9 Å². The number of aliphatic hydroxyl groups is 1. The van der Waals surface area contributed by atoms with E-state index < -0.39 is 0 Å². The van der Waals surface area contributed by atoms with Gasteiger partial charge in [-0.2, -0.15) is 0 Å². The van der Waals surface area contributed by atoms with Gasteiger partial charge in [-0.3, -0.25) is 4.79 Å². The van der Waals surface area contributed by atoms with E-state index in [1.54, 1.807) is 14.2 Å². The zero-order chi connectivity index (χ0) is 28.8. The van der Waals surface area contributed by atoms with Crippen LogP contribution in [0.4, 0.5) is 0 Å². The second-order valence-corrected chi connectivity index (χ2v) is 11.9. The first-order chi connectivity index (χ1) is 19.4. The van der Waals surface area contributed by atoms with Gasteiger partial charge in [-0.1, -0.05) is 62.2 Å². The van der Waals surface area contributed by atoms with Gasteiger partial charge in [0.05, 0.1) is 25.1 Å². The highest BCUT2D eigenvalue weighted by atomic mass is 32.2. The zero-order valence-corrected chi connectivity index (χ0v) is 25.5. The molecule has 0 heterocycles. The van der Waals surface area contributed by atoms with Crippen LogP contribution in [0.1, 0.15) is 75.5 Å². The first-order valence-corrected chi connectivity index (χ1v) is 15.7. The van der Waals surface area contributed by atoms with Gasteiger partial charge in [0.1, 0.15) is 11.5 Å². The van der Waals surface area contributed by atoms with Gasteiger partial charge >= 0.3 is 0 Å². The van der Waals surface area contributed by atoms with Crippen LogP contribution in [-0.4, -0.2) is 43.6 Å². The Balaban J connectivity index is 1.90. The lowest BCUT2D eigenvalue weighted by Gasteiger charge is -2.41. The molecule has 6 heteroatoms. The molecule has 0 aliphatic heterocycles. The largest absolute Gasteiger partial charge is 0.497 e. The van der Waals surface area contributed by atoms with Gasteiger partial charge in [-0.15, -0.1) is 11.8 Å². The van der Waals surface area contributed by atoms with Crippen molar-refractivity contribution in [3.05, 3.63) is 89.2 Å². The monoisotopic (exact) mass is 565 g/mol. The Labute approximate surface area is 245 Å². The molecule has 40 heavy (non-hydrogen) atoms. The van der Waals surface area contributed by atoms with Crippen LogP contribution in [0.5, 0.6) is 5.75 Å². The number of hydrogen-bond donors (Lipinski definition) is 2. The van der Waals surface area contributed by atoms with E-state index in [2.05, 4.69) is 66.9 Å². The number of aryl methyl sites for hydroxylation is 1. The van der Waals surface area contributed by atoms with E-state index in [-0.39, 0.29) is 22.7 Å². The summed E-state index contributed by atoms with van der Waals surface area (Å²) in [5, 5.41) is 12.9. The van der Waals surface area contributed by atoms with Crippen LogP contribution in [-0.2, 0) is 20.7 Å². The second kappa shape index (κ2) is 16.5. The summed E-state index contributed by atoms with van der Waals surface area (Å²) in [5.74, 6) is 2.97. The highest BCUT2D eigenvalue weighted by Gasteiger charge is 2.41. The van der Waals surface area contributed by atoms with Gasteiger partial charge in [0.15, 0.2) is 0 Å². The van der Waals surface area contributed by atoms with E-state index in [1.165, 1.54) is 11.1 Å². The van der Waals surface area contributed by atoms with Gasteiger partial charge in [0, 0.05) is 18.9 Å². The second-order valence-electron chi connectivity index (χ2n) is 10.6. The summed E-state index contributed by atoms with van der Waals surface area (Å²) in [5.41, 5.74) is 3.62. The predicted octanol–water partition coefficient (Wildman–Crippen LogP) is 7.18. The summed E-state index contributed by atoms with van der Waals surface area (Å²) in [6, 6.07) is 17.3. The molecule has 0 saturated heterocycles. The Morgan fingerprint density at radius 1 is 1.05 bits per heavy atom. The number of ether oxygens (including phenoxy) is 2. The topological polar surface area (TPSA) is 67.8 Å². The first-order valence-electron chi connectivity index (χ1n) is 14.7. The summed E-state index contributed by atoms with van der Waals surface area (Å²) in [6.45, 7) is 4.78. The Hall–Kier alpha value is -2.70.